The molecule has 2 aromatic carbocycles. The molecular formula is C26H34N2O3. The van der Waals surface area contributed by atoms with Crippen LogP contribution in [-0.4, -0.2) is 42.0 Å². The van der Waals surface area contributed by atoms with Crippen molar-refractivity contribution in [2.75, 3.05) is 31.1 Å². The Kier molecular flexibility index (Phi) is 7.75. The predicted octanol–water partition coefficient (Wildman–Crippen LogP) is 5.48. The number of carbonyl (C=O) groups excluding carboxylic acids is 1. The lowest BCUT2D eigenvalue weighted by Gasteiger charge is -2.22. The van der Waals surface area contributed by atoms with Crippen LogP contribution in [0.15, 0.2) is 42.2 Å². The lowest BCUT2D eigenvalue weighted by Crippen LogP contribution is -2.25. The smallest absolute Gasteiger partial charge is 0.231 e. The summed E-state index contributed by atoms with van der Waals surface area (Å²) < 4.78 is 6.03. The number of fused-ring (bicyclic) bond motifs is 1. The summed E-state index contributed by atoms with van der Waals surface area (Å²) in [5, 5.41) is 10.5. The molecule has 1 aliphatic heterocycles. The van der Waals surface area contributed by atoms with Gasteiger partial charge in [-0.05, 0) is 75.7 Å². The van der Waals surface area contributed by atoms with Gasteiger partial charge in [-0.25, -0.2) is 0 Å². The Morgan fingerprint density at radius 3 is 2.16 bits per heavy atom. The lowest BCUT2D eigenvalue weighted by molar-refractivity contribution is 0.101. The third-order valence-electron chi connectivity index (χ3n) is 5.70. The summed E-state index contributed by atoms with van der Waals surface area (Å²) in [6, 6.07) is 11.4. The minimum Gasteiger partial charge on any atom is -0.507 e. The molecule has 1 aliphatic rings. The molecule has 3 rings (SSSR count). The molecule has 166 valence electrons. The van der Waals surface area contributed by atoms with Gasteiger partial charge in [0.2, 0.25) is 5.78 Å². The third kappa shape index (κ3) is 5.10. The van der Waals surface area contributed by atoms with E-state index in [2.05, 4.69) is 49.6 Å². The van der Waals surface area contributed by atoms with Crippen LogP contribution in [0, 0.1) is 0 Å². The fraction of sp³-hybridized carbons (Fsp3) is 0.423. The Bertz CT molecular complexity index is 924. The number of hydrogen-bond acceptors (Lipinski definition) is 5. The van der Waals surface area contributed by atoms with E-state index in [-0.39, 0.29) is 11.5 Å². The number of aromatic hydroxyl groups is 1. The topological polar surface area (TPSA) is 53.0 Å². The van der Waals surface area contributed by atoms with Crippen molar-refractivity contribution >= 4 is 17.5 Å². The maximum absolute atomic E-state index is 13.0. The highest BCUT2D eigenvalue weighted by Crippen LogP contribution is 2.40. The molecule has 0 saturated carbocycles. The van der Waals surface area contributed by atoms with Gasteiger partial charge in [-0.2, -0.15) is 0 Å². The van der Waals surface area contributed by atoms with Crippen LogP contribution in [0.4, 0.5) is 5.69 Å². The fourth-order valence-electron chi connectivity index (χ4n) is 4.10. The number of rotatable bonds is 10. The van der Waals surface area contributed by atoms with Gasteiger partial charge in [0.15, 0.2) is 5.76 Å². The van der Waals surface area contributed by atoms with Crippen LogP contribution >= 0.6 is 0 Å². The maximum atomic E-state index is 13.0. The van der Waals surface area contributed by atoms with Gasteiger partial charge < -0.3 is 14.7 Å². The Labute approximate surface area is 185 Å². The molecule has 5 nitrogen and oxygen atoms in total. The van der Waals surface area contributed by atoms with Crippen molar-refractivity contribution in [2.45, 2.75) is 47.1 Å². The zero-order valence-corrected chi connectivity index (χ0v) is 19.1. The van der Waals surface area contributed by atoms with Crippen molar-refractivity contribution in [3.05, 3.63) is 58.8 Å². The van der Waals surface area contributed by atoms with E-state index in [9.17, 15) is 9.90 Å². The maximum Gasteiger partial charge on any atom is 0.231 e. The van der Waals surface area contributed by atoms with E-state index < -0.39 is 0 Å². The monoisotopic (exact) mass is 422 g/mol. The first-order valence-electron chi connectivity index (χ1n) is 11.4. The number of hydrogen-bond donors (Lipinski definition) is 1. The van der Waals surface area contributed by atoms with Crippen LogP contribution in [0.2, 0.25) is 0 Å². The van der Waals surface area contributed by atoms with Crippen molar-refractivity contribution < 1.29 is 14.6 Å². The van der Waals surface area contributed by atoms with E-state index in [1.54, 1.807) is 18.2 Å². The Balaban J connectivity index is 1.86. The number of Topliss-reactive ketones (excluding diaryl/α,β-unsaturated/α-hetero) is 1. The second-order valence-electron chi connectivity index (χ2n) is 7.92. The minimum atomic E-state index is -0.137. The van der Waals surface area contributed by atoms with Crippen LogP contribution in [0.3, 0.4) is 0 Å². The summed E-state index contributed by atoms with van der Waals surface area (Å²) in [4.78, 5) is 17.5. The predicted molar refractivity (Wildman–Crippen MR) is 127 cm³/mol. The zero-order valence-electron chi connectivity index (χ0n) is 19.1. The molecule has 0 amide bonds. The first-order chi connectivity index (χ1) is 15.0. The normalized spacial score (nSPS) is 14.2. The molecule has 0 aliphatic carbocycles. The van der Waals surface area contributed by atoms with Crippen molar-refractivity contribution in [3.8, 4) is 11.5 Å². The molecule has 0 radical (unpaired) electrons. The Morgan fingerprint density at radius 2 is 1.58 bits per heavy atom. The van der Waals surface area contributed by atoms with Crippen LogP contribution in [0.5, 0.6) is 11.5 Å². The highest BCUT2D eigenvalue weighted by molar-refractivity contribution is 6.15. The Morgan fingerprint density at radius 1 is 0.935 bits per heavy atom. The number of anilines is 1. The van der Waals surface area contributed by atoms with E-state index in [0.29, 0.717) is 29.2 Å². The molecule has 0 spiro atoms. The molecule has 0 unspecified atom stereocenters. The number of benzene rings is 2. The van der Waals surface area contributed by atoms with E-state index in [4.69, 9.17) is 4.74 Å². The highest BCUT2D eigenvalue weighted by atomic mass is 16.5. The number of nitrogens with zero attached hydrogens (tertiary/aromatic N) is 2. The molecular weight excluding hydrogens is 388 g/mol. The number of allylic oxidation sites excluding steroid dienone is 1. The largest absolute Gasteiger partial charge is 0.507 e. The van der Waals surface area contributed by atoms with Gasteiger partial charge in [-0.3, -0.25) is 9.69 Å². The first kappa shape index (κ1) is 22.9. The summed E-state index contributed by atoms with van der Waals surface area (Å²) in [7, 11) is 0. The number of ketones is 1. The highest BCUT2D eigenvalue weighted by Gasteiger charge is 2.31. The molecule has 0 saturated heterocycles. The summed E-state index contributed by atoms with van der Waals surface area (Å²) in [6.07, 6.45) is 3.85. The second kappa shape index (κ2) is 10.5. The van der Waals surface area contributed by atoms with Crippen LogP contribution in [0.1, 0.15) is 62.0 Å². The van der Waals surface area contributed by atoms with Crippen LogP contribution in [-0.2, 0) is 6.54 Å². The molecule has 2 aromatic rings. The SMILES string of the molecule is CCCN(CCC)Cc1c(O)ccc2c1O/C(=C/c1ccc(N(CC)CC)cc1)C2=O. The summed E-state index contributed by atoms with van der Waals surface area (Å²) >= 11 is 0. The van der Waals surface area contributed by atoms with Gasteiger partial charge in [0.1, 0.15) is 11.5 Å². The average Bonchev–Trinajstić information content (AvgIpc) is 3.08. The van der Waals surface area contributed by atoms with E-state index in [1.807, 2.05) is 12.1 Å². The van der Waals surface area contributed by atoms with Crippen LogP contribution in [0.25, 0.3) is 6.08 Å². The molecule has 0 fully saturated rings. The van der Waals surface area contributed by atoms with Gasteiger partial charge in [-0.1, -0.05) is 26.0 Å². The van der Waals surface area contributed by atoms with Gasteiger partial charge in [0.05, 0.1) is 11.1 Å². The Hall–Kier alpha value is -2.79. The van der Waals surface area contributed by atoms with Gasteiger partial charge >= 0.3 is 0 Å². The van der Waals surface area contributed by atoms with E-state index in [1.165, 1.54) is 0 Å². The molecule has 1 N–H and O–H groups in total. The van der Waals surface area contributed by atoms with Gasteiger partial charge in [-0.15, -0.1) is 0 Å². The number of phenolic OH excluding ortho intramolecular Hbond substituents is 1. The molecule has 0 aromatic heterocycles. The minimum absolute atomic E-state index is 0.137. The molecule has 0 bridgehead atoms. The van der Waals surface area contributed by atoms with Crippen molar-refractivity contribution in [2.24, 2.45) is 0 Å². The number of phenols is 1. The molecule has 31 heavy (non-hydrogen) atoms. The number of ether oxygens (including phenoxy) is 1. The quantitative estimate of drug-likeness (QED) is 0.514. The fourth-order valence-corrected chi connectivity index (χ4v) is 4.10. The first-order valence-corrected chi connectivity index (χ1v) is 11.4. The molecule has 5 heteroatoms. The summed E-state index contributed by atoms with van der Waals surface area (Å²) in [6.45, 7) is 12.9. The molecule has 1 heterocycles. The summed E-state index contributed by atoms with van der Waals surface area (Å²) in [5.74, 6) is 0.832. The van der Waals surface area contributed by atoms with Gasteiger partial charge in [0, 0.05) is 25.3 Å². The van der Waals surface area contributed by atoms with Crippen molar-refractivity contribution in [1.29, 1.82) is 0 Å². The third-order valence-corrected chi connectivity index (χ3v) is 5.70. The average molecular weight is 423 g/mol. The van der Waals surface area contributed by atoms with Gasteiger partial charge in [0.25, 0.3) is 0 Å². The van der Waals surface area contributed by atoms with Crippen LogP contribution < -0.4 is 9.64 Å². The van der Waals surface area contributed by atoms with E-state index in [0.717, 1.165) is 50.3 Å². The second-order valence-corrected chi connectivity index (χ2v) is 7.92. The van der Waals surface area contributed by atoms with E-state index >= 15 is 0 Å². The number of carbonyl (C=O) groups is 1. The lowest BCUT2D eigenvalue weighted by atomic mass is 10.0. The van der Waals surface area contributed by atoms with Crippen molar-refractivity contribution in [3.63, 3.8) is 0 Å². The summed E-state index contributed by atoms with van der Waals surface area (Å²) in [5.41, 5.74) is 3.28. The standard InChI is InChI=1S/C26H34N2O3/c1-5-15-27(16-6-2)18-22-23(29)14-13-21-25(30)24(31-26(21)22)17-19-9-11-20(12-10-19)28(7-3)8-4/h9-14,17,29H,5-8,15-16,18H2,1-4H3/b24-17+. The zero-order chi connectivity index (χ0) is 22.4. The molecule has 0 atom stereocenters. The van der Waals surface area contributed by atoms with Crippen molar-refractivity contribution in [1.82, 2.24) is 4.90 Å².